The highest BCUT2D eigenvalue weighted by Crippen LogP contribution is 2.67. The molecule has 184 valence electrons. The first-order chi connectivity index (χ1) is 15.8. The highest BCUT2D eigenvalue weighted by molar-refractivity contribution is 9.10. The Kier molecular flexibility index (Phi) is 7.03. The lowest BCUT2D eigenvalue weighted by Gasteiger charge is -2.60. The molecule has 1 aromatic carbocycles. The Labute approximate surface area is 208 Å². The molecule has 4 fully saturated rings. The van der Waals surface area contributed by atoms with Gasteiger partial charge in [0.1, 0.15) is 0 Å². The van der Waals surface area contributed by atoms with E-state index in [4.69, 9.17) is 4.74 Å². The van der Waals surface area contributed by atoms with Crippen LogP contribution in [0.15, 0.2) is 28.7 Å². The molecule has 0 aliphatic heterocycles. The quantitative estimate of drug-likeness (QED) is 0.410. The van der Waals surface area contributed by atoms with Gasteiger partial charge in [0.2, 0.25) is 0 Å². The molecular formula is C29H43BrO3. The normalized spacial score (nSPS) is 44.7. The molecule has 0 spiro atoms. The zero-order chi connectivity index (χ0) is 23.2. The zero-order valence-corrected chi connectivity index (χ0v) is 22.1. The second-order valence-electron chi connectivity index (χ2n) is 12.4. The minimum Gasteiger partial charge on any atom is -0.393 e. The standard InChI is InChI=1S/C29H43BrO3/c1-28-13-11-23(31)17-21(28)7-10-24-25(28)12-14-29(2)26(24)16-20(27(29)32)4-3-15-33-18-19-5-8-22(30)9-6-19/h5-6,8-9,20-21,23-27,31-32H,3-4,7,10-18H2,1-2H3/t20-,21+,23-,24-,25+,26+,27+,28+,29+/m1/s1. The minimum atomic E-state index is -0.159. The Bertz CT molecular complexity index is 812. The van der Waals surface area contributed by atoms with Gasteiger partial charge in [0.05, 0.1) is 18.8 Å². The average molecular weight is 520 g/mol. The number of benzene rings is 1. The zero-order valence-electron chi connectivity index (χ0n) is 20.5. The Hall–Kier alpha value is -0.420. The molecular weight excluding hydrogens is 476 g/mol. The highest BCUT2D eigenvalue weighted by atomic mass is 79.9. The fourth-order valence-electron chi connectivity index (χ4n) is 8.88. The van der Waals surface area contributed by atoms with Crippen LogP contribution in [0, 0.1) is 40.4 Å². The van der Waals surface area contributed by atoms with Crippen molar-refractivity contribution in [2.24, 2.45) is 40.4 Å². The molecule has 2 N–H and O–H groups in total. The van der Waals surface area contributed by atoms with Gasteiger partial charge < -0.3 is 14.9 Å². The molecule has 9 atom stereocenters. The molecule has 0 amide bonds. The van der Waals surface area contributed by atoms with E-state index in [1.807, 2.05) is 0 Å². The van der Waals surface area contributed by atoms with Crippen molar-refractivity contribution in [3.05, 3.63) is 34.3 Å². The van der Waals surface area contributed by atoms with Crippen LogP contribution in [-0.2, 0) is 11.3 Å². The van der Waals surface area contributed by atoms with Crippen LogP contribution in [-0.4, -0.2) is 29.0 Å². The van der Waals surface area contributed by atoms with E-state index >= 15 is 0 Å². The summed E-state index contributed by atoms with van der Waals surface area (Å²) in [5.41, 5.74) is 1.72. The maximum Gasteiger partial charge on any atom is 0.0716 e. The van der Waals surface area contributed by atoms with Crippen molar-refractivity contribution in [2.45, 2.75) is 96.9 Å². The van der Waals surface area contributed by atoms with Gasteiger partial charge in [-0.15, -0.1) is 0 Å². The molecule has 0 saturated heterocycles. The lowest BCUT2D eigenvalue weighted by molar-refractivity contribution is -0.134. The van der Waals surface area contributed by atoms with Gasteiger partial charge in [-0.1, -0.05) is 41.9 Å². The third-order valence-corrected chi connectivity index (χ3v) is 11.3. The molecule has 4 aliphatic carbocycles. The summed E-state index contributed by atoms with van der Waals surface area (Å²) in [6.45, 7) is 6.39. The van der Waals surface area contributed by atoms with E-state index in [1.54, 1.807) is 0 Å². The number of halogens is 1. The predicted octanol–water partition coefficient (Wildman–Crippen LogP) is 6.74. The van der Waals surface area contributed by atoms with Gasteiger partial charge in [-0.05, 0) is 122 Å². The van der Waals surface area contributed by atoms with Crippen molar-refractivity contribution in [1.82, 2.24) is 0 Å². The van der Waals surface area contributed by atoms with Gasteiger partial charge in [0, 0.05) is 11.1 Å². The van der Waals surface area contributed by atoms with E-state index in [0.29, 0.717) is 29.8 Å². The third kappa shape index (κ3) is 4.47. The molecule has 0 bridgehead atoms. The lowest BCUT2D eigenvalue weighted by atomic mass is 9.45. The first-order valence-electron chi connectivity index (χ1n) is 13.5. The molecule has 0 radical (unpaired) electrons. The first-order valence-corrected chi connectivity index (χ1v) is 14.3. The van der Waals surface area contributed by atoms with Crippen LogP contribution >= 0.6 is 15.9 Å². The van der Waals surface area contributed by atoms with Gasteiger partial charge in [0.15, 0.2) is 0 Å². The summed E-state index contributed by atoms with van der Waals surface area (Å²) in [6.07, 6.45) is 11.4. The molecule has 4 heteroatoms. The summed E-state index contributed by atoms with van der Waals surface area (Å²) in [5, 5.41) is 21.7. The SMILES string of the molecule is C[C@]12CC[C@@H](O)C[C@@H]1CC[C@@H]1[C@@H]2CC[C@]2(C)[C@@H](O)[C@H](CCCOCc3ccc(Br)cc3)C[C@@H]12. The van der Waals surface area contributed by atoms with Crippen molar-refractivity contribution in [1.29, 1.82) is 0 Å². The van der Waals surface area contributed by atoms with Gasteiger partial charge in [-0.2, -0.15) is 0 Å². The minimum absolute atomic E-state index is 0.0721. The average Bonchev–Trinajstić information content (AvgIpc) is 3.06. The Morgan fingerprint density at radius 3 is 2.48 bits per heavy atom. The maximum absolute atomic E-state index is 11.4. The summed E-state index contributed by atoms with van der Waals surface area (Å²) in [6, 6.07) is 8.34. The highest BCUT2D eigenvalue weighted by Gasteiger charge is 2.61. The Balaban J connectivity index is 1.17. The van der Waals surface area contributed by atoms with Crippen molar-refractivity contribution >= 4 is 15.9 Å². The van der Waals surface area contributed by atoms with Crippen LogP contribution in [0.4, 0.5) is 0 Å². The van der Waals surface area contributed by atoms with E-state index in [0.717, 1.165) is 48.6 Å². The number of aliphatic hydroxyl groups is 2. The Morgan fingerprint density at radius 1 is 0.939 bits per heavy atom. The smallest absolute Gasteiger partial charge is 0.0716 e. The molecule has 33 heavy (non-hydrogen) atoms. The van der Waals surface area contributed by atoms with Crippen LogP contribution in [0.5, 0.6) is 0 Å². The number of hydrogen-bond acceptors (Lipinski definition) is 3. The molecule has 0 unspecified atom stereocenters. The first kappa shape index (κ1) is 24.3. The number of hydrogen-bond donors (Lipinski definition) is 2. The second kappa shape index (κ2) is 9.56. The van der Waals surface area contributed by atoms with E-state index in [1.165, 1.54) is 44.1 Å². The molecule has 4 aliphatic rings. The van der Waals surface area contributed by atoms with Gasteiger partial charge in [-0.25, -0.2) is 0 Å². The molecule has 0 heterocycles. The van der Waals surface area contributed by atoms with Gasteiger partial charge >= 0.3 is 0 Å². The summed E-state index contributed by atoms with van der Waals surface area (Å²) in [7, 11) is 0. The lowest BCUT2D eigenvalue weighted by Crippen LogP contribution is -2.54. The summed E-state index contributed by atoms with van der Waals surface area (Å²) < 4.78 is 7.05. The number of ether oxygens (including phenoxy) is 1. The monoisotopic (exact) mass is 518 g/mol. The maximum atomic E-state index is 11.4. The summed E-state index contributed by atoms with van der Waals surface area (Å²) in [4.78, 5) is 0. The van der Waals surface area contributed by atoms with E-state index in [-0.39, 0.29) is 17.6 Å². The summed E-state index contributed by atoms with van der Waals surface area (Å²) in [5.74, 6) is 3.37. The third-order valence-electron chi connectivity index (χ3n) is 10.8. The van der Waals surface area contributed by atoms with E-state index in [2.05, 4.69) is 54.0 Å². The van der Waals surface area contributed by atoms with Crippen LogP contribution in [0.25, 0.3) is 0 Å². The molecule has 4 saturated carbocycles. The van der Waals surface area contributed by atoms with Crippen LogP contribution in [0.3, 0.4) is 0 Å². The number of fused-ring (bicyclic) bond motifs is 5. The summed E-state index contributed by atoms with van der Waals surface area (Å²) >= 11 is 3.48. The topological polar surface area (TPSA) is 49.7 Å². The van der Waals surface area contributed by atoms with Crippen LogP contribution in [0.1, 0.15) is 83.6 Å². The van der Waals surface area contributed by atoms with E-state index in [9.17, 15) is 10.2 Å². The van der Waals surface area contributed by atoms with E-state index < -0.39 is 0 Å². The van der Waals surface area contributed by atoms with Crippen molar-refractivity contribution in [3.63, 3.8) is 0 Å². The number of aliphatic hydroxyl groups excluding tert-OH is 2. The van der Waals surface area contributed by atoms with Crippen molar-refractivity contribution in [3.8, 4) is 0 Å². The van der Waals surface area contributed by atoms with Crippen LogP contribution in [0.2, 0.25) is 0 Å². The largest absolute Gasteiger partial charge is 0.393 e. The molecule has 3 nitrogen and oxygen atoms in total. The molecule has 0 aromatic heterocycles. The van der Waals surface area contributed by atoms with Crippen LogP contribution < -0.4 is 0 Å². The second-order valence-corrected chi connectivity index (χ2v) is 13.3. The van der Waals surface area contributed by atoms with Gasteiger partial charge in [-0.3, -0.25) is 0 Å². The number of rotatable bonds is 6. The predicted molar refractivity (Wildman–Crippen MR) is 136 cm³/mol. The van der Waals surface area contributed by atoms with Gasteiger partial charge in [0.25, 0.3) is 0 Å². The Morgan fingerprint density at radius 2 is 1.70 bits per heavy atom. The fraction of sp³-hybridized carbons (Fsp3) is 0.793. The molecule has 5 rings (SSSR count). The van der Waals surface area contributed by atoms with Crippen molar-refractivity contribution in [2.75, 3.05) is 6.61 Å². The van der Waals surface area contributed by atoms with Crippen molar-refractivity contribution < 1.29 is 14.9 Å². The fourth-order valence-corrected chi connectivity index (χ4v) is 9.15. The molecule has 1 aromatic rings.